The van der Waals surface area contributed by atoms with E-state index in [2.05, 4.69) is 35.7 Å². The average molecular weight is 513 g/mol. The standard InChI is InChI=1S/C29H40N2O6/c1-19(2)24(30-27(34)37-28(3,4)5)25(32)31-18-29(36-7,17-23(31)26(33)35-6)22-15-13-21(14-16-22)20-11-9-8-10-12-20/h8-15,19,22-24H,16-18H2,1-7H3,(H,30,34)/t22?,23-,24-,29-/m0/s1. The topological polar surface area (TPSA) is 94.2 Å². The molecule has 8 nitrogen and oxygen atoms in total. The number of nitrogens with zero attached hydrogens (tertiary/aromatic N) is 1. The zero-order valence-corrected chi connectivity index (χ0v) is 22.9. The fourth-order valence-electron chi connectivity index (χ4n) is 5.03. The van der Waals surface area contributed by atoms with Gasteiger partial charge in [0.25, 0.3) is 0 Å². The van der Waals surface area contributed by atoms with E-state index in [1.807, 2.05) is 32.0 Å². The summed E-state index contributed by atoms with van der Waals surface area (Å²) in [4.78, 5) is 40.7. The first-order valence-electron chi connectivity index (χ1n) is 12.8. The fourth-order valence-corrected chi connectivity index (χ4v) is 5.03. The zero-order chi connectivity index (χ0) is 27.4. The molecule has 3 rings (SSSR count). The number of carbonyl (C=O) groups excluding carboxylic acids is 3. The maximum absolute atomic E-state index is 13.8. The summed E-state index contributed by atoms with van der Waals surface area (Å²) < 4.78 is 16.5. The van der Waals surface area contributed by atoms with Gasteiger partial charge >= 0.3 is 12.1 Å². The molecule has 8 heteroatoms. The predicted molar refractivity (Wildman–Crippen MR) is 142 cm³/mol. The van der Waals surface area contributed by atoms with Crippen LogP contribution in [0.4, 0.5) is 4.79 Å². The van der Waals surface area contributed by atoms with E-state index in [0.717, 1.165) is 11.1 Å². The molecule has 1 aliphatic carbocycles. The van der Waals surface area contributed by atoms with E-state index in [-0.39, 0.29) is 24.3 Å². The van der Waals surface area contributed by atoms with Gasteiger partial charge in [-0.2, -0.15) is 0 Å². The van der Waals surface area contributed by atoms with Crippen LogP contribution >= 0.6 is 0 Å². The maximum atomic E-state index is 13.8. The Balaban J connectivity index is 1.84. The number of nitrogens with one attached hydrogen (secondary N) is 1. The molecule has 202 valence electrons. The predicted octanol–water partition coefficient (Wildman–Crippen LogP) is 4.35. The molecule has 0 bridgehead atoms. The highest BCUT2D eigenvalue weighted by Gasteiger charge is 2.54. The second kappa shape index (κ2) is 11.5. The number of likely N-dealkylation sites (tertiary alicyclic amines) is 1. The Morgan fingerprint density at radius 3 is 2.30 bits per heavy atom. The lowest BCUT2D eigenvalue weighted by atomic mass is 9.79. The van der Waals surface area contributed by atoms with Gasteiger partial charge in [0.05, 0.1) is 19.3 Å². The Bertz CT molecular complexity index is 1040. The number of hydrogen-bond acceptors (Lipinski definition) is 6. The van der Waals surface area contributed by atoms with Gasteiger partial charge in [-0.05, 0) is 44.2 Å². The molecule has 1 unspecified atom stereocenters. The van der Waals surface area contributed by atoms with Crippen molar-refractivity contribution < 1.29 is 28.6 Å². The van der Waals surface area contributed by atoms with Gasteiger partial charge < -0.3 is 24.4 Å². The van der Waals surface area contributed by atoms with Crippen LogP contribution in [0.3, 0.4) is 0 Å². The molecule has 1 saturated heterocycles. The Morgan fingerprint density at radius 2 is 1.78 bits per heavy atom. The second-order valence-corrected chi connectivity index (χ2v) is 11.1. The molecule has 2 amide bonds. The molecular formula is C29H40N2O6. The van der Waals surface area contributed by atoms with Crippen LogP contribution in [0.25, 0.3) is 5.57 Å². The molecular weight excluding hydrogens is 472 g/mol. The number of alkyl carbamates (subject to hydrolysis) is 1. The highest BCUT2D eigenvalue weighted by atomic mass is 16.6. The van der Waals surface area contributed by atoms with E-state index < -0.39 is 35.3 Å². The van der Waals surface area contributed by atoms with Gasteiger partial charge in [0, 0.05) is 19.4 Å². The molecule has 1 aromatic carbocycles. The number of esters is 1. The van der Waals surface area contributed by atoms with Crippen LogP contribution in [0.2, 0.25) is 0 Å². The lowest BCUT2D eigenvalue weighted by Gasteiger charge is -2.36. The number of allylic oxidation sites excluding steroid dienone is 3. The summed E-state index contributed by atoms with van der Waals surface area (Å²) in [7, 11) is 2.93. The van der Waals surface area contributed by atoms with E-state index in [4.69, 9.17) is 14.2 Å². The van der Waals surface area contributed by atoms with Gasteiger partial charge in [0.2, 0.25) is 5.91 Å². The molecule has 4 atom stereocenters. The number of rotatable bonds is 7. The van der Waals surface area contributed by atoms with E-state index in [1.54, 1.807) is 27.9 Å². The van der Waals surface area contributed by atoms with Gasteiger partial charge in [-0.3, -0.25) is 4.79 Å². The lowest BCUT2D eigenvalue weighted by molar-refractivity contribution is -0.152. The summed E-state index contributed by atoms with van der Waals surface area (Å²) in [5, 5.41) is 2.71. The summed E-state index contributed by atoms with van der Waals surface area (Å²) in [6, 6.07) is 8.42. The van der Waals surface area contributed by atoms with Gasteiger partial charge in [0.15, 0.2) is 0 Å². The number of ether oxygens (including phenoxy) is 3. The van der Waals surface area contributed by atoms with Crippen LogP contribution in [0, 0.1) is 11.8 Å². The molecule has 0 saturated carbocycles. The minimum absolute atomic E-state index is 0.0498. The molecule has 37 heavy (non-hydrogen) atoms. The van der Waals surface area contributed by atoms with Crippen molar-refractivity contribution in [3.63, 3.8) is 0 Å². The Morgan fingerprint density at radius 1 is 1.11 bits per heavy atom. The van der Waals surface area contributed by atoms with Crippen molar-refractivity contribution in [3.05, 3.63) is 54.1 Å². The lowest BCUT2D eigenvalue weighted by Crippen LogP contribution is -2.55. The smallest absolute Gasteiger partial charge is 0.408 e. The first-order chi connectivity index (χ1) is 17.4. The third kappa shape index (κ3) is 6.60. The first-order valence-corrected chi connectivity index (χ1v) is 12.8. The van der Waals surface area contributed by atoms with Crippen molar-refractivity contribution in [1.29, 1.82) is 0 Å². The zero-order valence-electron chi connectivity index (χ0n) is 22.9. The summed E-state index contributed by atoms with van der Waals surface area (Å²) in [5.74, 6) is -1.16. The van der Waals surface area contributed by atoms with E-state index in [1.165, 1.54) is 12.0 Å². The molecule has 0 aromatic heterocycles. The van der Waals surface area contributed by atoms with Gasteiger partial charge in [0.1, 0.15) is 17.7 Å². The monoisotopic (exact) mass is 512 g/mol. The van der Waals surface area contributed by atoms with Crippen molar-refractivity contribution in [2.24, 2.45) is 11.8 Å². The molecule has 1 fully saturated rings. The number of carbonyl (C=O) groups is 3. The first kappa shape index (κ1) is 28.4. The van der Waals surface area contributed by atoms with Crippen LogP contribution in [0.1, 0.15) is 53.0 Å². The number of hydrogen-bond donors (Lipinski definition) is 1. The molecule has 1 aliphatic heterocycles. The Labute approximate surface area is 220 Å². The van der Waals surface area contributed by atoms with Gasteiger partial charge in [-0.1, -0.05) is 62.4 Å². The van der Waals surface area contributed by atoms with Crippen LogP contribution in [-0.4, -0.2) is 66.9 Å². The molecule has 2 aliphatic rings. The maximum Gasteiger partial charge on any atom is 0.408 e. The van der Waals surface area contributed by atoms with Gasteiger partial charge in [-0.25, -0.2) is 9.59 Å². The second-order valence-electron chi connectivity index (χ2n) is 11.1. The third-order valence-electron chi connectivity index (χ3n) is 7.00. The largest absolute Gasteiger partial charge is 0.467 e. The number of methoxy groups -OCH3 is 2. The van der Waals surface area contributed by atoms with Gasteiger partial charge in [-0.15, -0.1) is 0 Å². The van der Waals surface area contributed by atoms with Crippen LogP contribution < -0.4 is 5.32 Å². The highest BCUT2D eigenvalue weighted by molar-refractivity contribution is 5.90. The van der Waals surface area contributed by atoms with Crippen LogP contribution in [0.15, 0.2) is 48.6 Å². The normalized spacial score (nSPS) is 24.4. The molecule has 1 heterocycles. The van der Waals surface area contributed by atoms with Crippen molar-refractivity contribution in [3.8, 4) is 0 Å². The van der Waals surface area contributed by atoms with Crippen molar-refractivity contribution >= 4 is 23.5 Å². The average Bonchev–Trinajstić information content (AvgIpc) is 3.27. The number of amides is 2. The van der Waals surface area contributed by atoms with E-state index in [0.29, 0.717) is 12.8 Å². The number of benzene rings is 1. The van der Waals surface area contributed by atoms with E-state index >= 15 is 0 Å². The molecule has 1 aromatic rings. The van der Waals surface area contributed by atoms with E-state index in [9.17, 15) is 14.4 Å². The summed E-state index contributed by atoms with van der Waals surface area (Å²) >= 11 is 0. The Kier molecular flexibility index (Phi) is 8.84. The van der Waals surface area contributed by atoms with Crippen LogP contribution in [0.5, 0.6) is 0 Å². The molecule has 1 N–H and O–H groups in total. The fraction of sp³-hybridized carbons (Fsp3) is 0.552. The minimum Gasteiger partial charge on any atom is -0.467 e. The molecule has 0 spiro atoms. The highest BCUT2D eigenvalue weighted by Crippen LogP contribution is 2.42. The van der Waals surface area contributed by atoms with Crippen molar-refractivity contribution in [2.75, 3.05) is 20.8 Å². The summed E-state index contributed by atoms with van der Waals surface area (Å²) in [6.45, 7) is 9.16. The third-order valence-corrected chi connectivity index (χ3v) is 7.00. The van der Waals surface area contributed by atoms with Crippen molar-refractivity contribution in [2.45, 2.75) is 70.7 Å². The summed E-state index contributed by atoms with van der Waals surface area (Å²) in [5.41, 5.74) is 0.769. The molecule has 0 radical (unpaired) electrons. The quantitative estimate of drug-likeness (QED) is 0.546. The SMILES string of the molecule is COC(=O)[C@@H]1C[C@@](OC)(C2C=CC(c3ccccc3)=CC2)CN1C(=O)[C@@H](NC(=O)OC(C)(C)C)C(C)C. The minimum atomic E-state index is -0.874. The Hall–Kier alpha value is -3.13. The van der Waals surface area contributed by atoms with Crippen molar-refractivity contribution in [1.82, 2.24) is 10.2 Å². The summed E-state index contributed by atoms with van der Waals surface area (Å²) in [6.07, 6.45) is 6.66. The van der Waals surface area contributed by atoms with Crippen LogP contribution in [-0.2, 0) is 23.8 Å².